The molecule has 0 unspecified atom stereocenters. The number of carbonyl (C=O) groups is 3. The first-order valence-corrected chi connectivity index (χ1v) is 10.2. The number of esters is 1. The number of nitrogens with one attached hydrogen (secondary N) is 1. The van der Waals surface area contributed by atoms with Crippen LogP contribution in [0.25, 0.3) is 0 Å². The van der Waals surface area contributed by atoms with Gasteiger partial charge in [0.25, 0.3) is 5.91 Å². The monoisotopic (exact) mass is 432 g/mol. The molecule has 0 radical (unpaired) electrons. The fourth-order valence-corrected chi connectivity index (χ4v) is 4.10. The number of carbonyl (C=O) groups excluding carboxylic acids is 3. The average Bonchev–Trinajstić information content (AvgIpc) is 3.01. The van der Waals surface area contributed by atoms with Crippen LogP contribution in [0.1, 0.15) is 32.3 Å². The van der Waals surface area contributed by atoms with E-state index in [1.807, 2.05) is 12.1 Å². The van der Waals surface area contributed by atoms with Gasteiger partial charge in [0.2, 0.25) is 0 Å². The molecular weight excluding hydrogens is 404 g/mol. The van der Waals surface area contributed by atoms with Crippen LogP contribution in [0.5, 0.6) is 11.5 Å². The molecule has 31 heavy (non-hydrogen) atoms. The van der Waals surface area contributed by atoms with E-state index in [9.17, 15) is 14.4 Å². The van der Waals surface area contributed by atoms with E-state index in [-0.39, 0.29) is 19.1 Å². The Morgan fingerprint density at radius 1 is 1.19 bits per heavy atom. The van der Waals surface area contributed by atoms with Gasteiger partial charge in [-0.1, -0.05) is 12.1 Å². The summed E-state index contributed by atoms with van der Waals surface area (Å²) < 4.78 is 21.4. The van der Waals surface area contributed by atoms with Crippen LogP contribution in [0.15, 0.2) is 29.3 Å². The van der Waals surface area contributed by atoms with Crippen molar-refractivity contribution in [3.05, 3.63) is 34.9 Å². The lowest BCUT2D eigenvalue weighted by atomic mass is 9.83. The van der Waals surface area contributed by atoms with Crippen LogP contribution < -0.4 is 14.8 Å². The minimum Gasteiger partial charge on any atom is -0.493 e. The number of nitrogens with zero attached hydrogens (tertiary/aromatic N) is 1. The normalized spacial score (nSPS) is 17.4. The molecule has 3 rings (SSSR count). The van der Waals surface area contributed by atoms with E-state index in [0.29, 0.717) is 48.6 Å². The number of methoxy groups -OCH3 is 2. The van der Waals surface area contributed by atoms with Crippen molar-refractivity contribution in [2.75, 3.05) is 33.9 Å². The molecule has 1 fully saturated rings. The Morgan fingerprint density at radius 2 is 1.90 bits per heavy atom. The highest BCUT2D eigenvalue weighted by Gasteiger charge is 2.51. The van der Waals surface area contributed by atoms with Crippen LogP contribution >= 0.6 is 0 Å². The molecule has 2 amide bonds. The van der Waals surface area contributed by atoms with Crippen LogP contribution in [-0.4, -0.2) is 62.4 Å². The maximum atomic E-state index is 13.1. The second kappa shape index (κ2) is 9.28. The van der Waals surface area contributed by atoms with Gasteiger partial charge in [-0.15, -0.1) is 0 Å². The third-order valence-corrected chi connectivity index (χ3v) is 5.67. The number of hydrogen-bond donors (Lipinski definition) is 1. The molecule has 0 aromatic heterocycles. The second-order valence-corrected chi connectivity index (χ2v) is 7.41. The van der Waals surface area contributed by atoms with Gasteiger partial charge in [0, 0.05) is 43.6 Å². The Morgan fingerprint density at radius 3 is 2.52 bits per heavy atom. The molecule has 168 valence electrons. The zero-order valence-electron chi connectivity index (χ0n) is 18.3. The summed E-state index contributed by atoms with van der Waals surface area (Å²) >= 11 is 0. The molecule has 1 saturated heterocycles. The minimum absolute atomic E-state index is 0.190. The zero-order valence-corrected chi connectivity index (χ0v) is 18.3. The van der Waals surface area contributed by atoms with Gasteiger partial charge in [-0.2, -0.15) is 0 Å². The van der Waals surface area contributed by atoms with Crippen molar-refractivity contribution in [3.63, 3.8) is 0 Å². The van der Waals surface area contributed by atoms with Gasteiger partial charge in [-0.3, -0.25) is 4.79 Å². The number of para-hydroxylation sites is 1. The molecule has 0 aliphatic carbocycles. The quantitative estimate of drug-likeness (QED) is 0.687. The number of piperidine rings is 1. The molecule has 1 N–H and O–H groups in total. The maximum absolute atomic E-state index is 13.1. The minimum atomic E-state index is -1.04. The van der Waals surface area contributed by atoms with E-state index in [1.165, 1.54) is 7.11 Å². The summed E-state index contributed by atoms with van der Waals surface area (Å²) in [5, 5.41) is 2.87. The van der Waals surface area contributed by atoms with Crippen molar-refractivity contribution in [1.29, 1.82) is 0 Å². The number of ether oxygens (including phenoxy) is 4. The number of amides is 2. The van der Waals surface area contributed by atoms with Crippen LogP contribution in [-0.2, 0) is 25.6 Å². The fourth-order valence-electron chi connectivity index (χ4n) is 4.10. The first-order chi connectivity index (χ1) is 14.9. The molecule has 1 spiro atoms. The van der Waals surface area contributed by atoms with Gasteiger partial charge in [0.15, 0.2) is 11.5 Å². The molecular formula is C22H28N2O7. The van der Waals surface area contributed by atoms with Gasteiger partial charge < -0.3 is 29.2 Å². The van der Waals surface area contributed by atoms with Crippen molar-refractivity contribution in [1.82, 2.24) is 10.2 Å². The molecule has 0 bridgehead atoms. The number of hydrogen-bond acceptors (Lipinski definition) is 7. The highest BCUT2D eigenvalue weighted by Crippen LogP contribution is 2.41. The summed E-state index contributed by atoms with van der Waals surface area (Å²) in [6.07, 6.45) is 0.263. The SMILES string of the molecule is CCOC(=O)N1CCC2(CC1)OC(=O)C(C)=C2C(=O)NCc1cccc(OC)c1OC. The standard InChI is InChI=1S/C22H28N2O7/c1-5-30-21(27)24-11-9-22(10-12-24)17(14(2)20(26)31-22)19(25)23-13-15-7-6-8-16(28-3)18(15)29-4/h6-8H,5,9-13H2,1-4H3,(H,23,25). The lowest BCUT2D eigenvalue weighted by molar-refractivity contribution is -0.150. The highest BCUT2D eigenvalue weighted by atomic mass is 16.6. The van der Waals surface area contributed by atoms with Gasteiger partial charge in [-0.05, 0) is 19.9 Å². The summed E-state index contributed by atoms with van der Waals surface area (Å²) in [5.41, 5.74) is 0.319. The van der Waals surface area contributed by atoms with E-state index >= 15 is 0 Å². The van der Waals surface area contributed by atoms with Crippen molar-refractivity contribution in [2.24, 2.45) is 0 Å². The van der Waals surface area contributed by atoms with E-state index in [1.54, 1.807) is 31.9 Å². The van der Waals surface area contributed by atoms with Crippen LogP contribution in [0.3, 0.4) is 0 Å². The molecule has 1 aromatic rings. The van der Waals surface area contributed by atoms with Crippen LogP contribution in [0.2, 0.25) is 0 Å². The van der Waals surface area contributed by atoms with E-state index < -0.39 is 17.7 Å². The fraction of sp³-hybridized carbons (Fsp3) is 0.500. The molecule has 1 aromatic carbocycles. The Bertz CT molecular complexity index is 901. The van der Waals surface area contributed by atoms with Crippen molar-refractivity contribution < 1.29 is 33.3 Å². The van der Waals surface area contributed by atoms with E-state index in [2.05, 4.69) is 5.32 Å². The van der Waals surface area contributed by atoms with Crippen LogP contribution in [0, 0.1) is 0 Å². The molecule has 2 aliphatic heterocycles. The topological polar surface area (TPSA) is 103 Å². The molecule has 9 nitrogen and oxygen atoms in total. The largest absolute Gasteiger partial charge is 0.493 e. The number of benzene rings is 1. The second-order valence-electron chi connectivity index (χ2n) is 7.41. The predicted octanol–water partition coefficient (Wildman–Crippen LogP) is 2.18. The average molecular weight is 432 g/mol. The van der Waals surface area contributed by atoms with E-state index in [0.717, 1.165) is 5.56 Å². The zero-order chi connectivity index (χ0) is 22.6. The van der Waals surface area contributed by atoms with E-state index in [4.69, 9.17) is 18.9 Å². The lowest BCUT2D eigenvalue weighted by Gasteiger charge is -2.38. The van der Waals surface area contributed by atoms with Gasteiger partial charge >= 0.3 is 12.1 Å². The van der Waals surface area contributed by atoms with Crippen LogP contribution in [0.4, 0.5) is 4.79 Å². The first-order valence-electron chi connectivity index (χ1n) is 10.2. The number of likely N-dealkylation sites (tertiary alicyclic amines) is 1. The Kier molecular flexibility index (Phi) is 6.72. The van der Waals surface area contributed by atoms with Crippen molar-refractivity contribution >= 4 is 18.0 Å². The molecule has 2 heterocycles. The third-order valence-electron chi connectivity index (χ3n) is 5.67. The summed E-state index contributed by atoms with van der Waals surface area (Å²) in [7, 11) is 3.08. The van der Waals surface area contributed by atoms with Gasteiger partial charge in [0.05, 0.1) is 26.4 Å². The Balaban J connectivity index is 1.75. The Hall–Kier alpha value is -3.23. The molecule has 9 heteroatoms. The highest BCUT2D eigenvalue weighted by molar-refractivity contribution is 6.07. The smallest absolute Gasteiger partial charge is 0.409 e. The third kappa shape index (κ3) is 4.30. The summed E-state index contributed by atoms with van der Waals surface area (Å²) in [4.78, 5) is 39.0. The first kappa shape index (κ1) is 22.5. The lowest BCUT2D eigenvalue weighted by Crippen LogP contribution is -2.50. The van der Waals surface area contributed by atoms with Crippen molar-refractivity contribution in [3.8, 4) is 11.5 Å². The molecule has 0 saturated carbocycles. The maximum Gasteiger partial charge on any atom is 0.409 e. The van der Waals surface area contributed by atoms with Gasteiger partial charge in [0.1, 0.15) is 5.60 Å². The molecule has 0 atom stereocenters. The predicted molar refractivity (Wildman–Crippen MR) is 111 cm³/mol. The summed E-state index contributed by atoms with van der Waals surface area (Å²) in [6, 6.07) is 5.40. The van der Waals surface area contributed by atoms with Gasteiger partial charge in [-0.25, -0.2) is 9.59 Å². The van der Waals surface area contributed by atoms with Crippen molar-refractivity contribution in [2.45, 2.75) is 38.8 Å². The Labute approximate surface area is 181 Å². The molecule has 2 aliphatic rings. The summed E-state index contributed by atoms with van der Waals surface area (Å²) in [6.45, 7) is 4.48. The summed E-state index contributed by atoms with van der Waals surface area (Å²) in [5.74, 6) is 0.213. The number of rotatable bonds is 6.